The van der Waals surface area contributed by atoms with Gasteiger partial charge in [-0.25, -0.2) is 4.39 Å². The average molecular weight is 404 g/mol. The van der Waals surface area contributed by atoms with Gasteiger partial charge in [-0.1, -0.05) is 30.3 Å². The normalized spacial score (nSPS) is 17.1. The Bertz CT molecular complexity index is 1080. The van der Waals surface area contributed by atoms with Crippen LogP contribution in [0.2, 0.25) is 0 Å². The molecule has 3 aromatic rings. The molecular formula is C24H21FN2O3. The van der Waals surface area contributed by atoms with E-state index in [2.05, 4.69) is 10.6 Å². The van der Waals surface area contributed by atoms with Gasteiger partial charge in [0.15, 0.2) is 0 Å². The van der Waals surface area contributed by atoms with Crippen molar-refractivity contribution in [2.45, 2.75) is 12.3 Å². The van der Waals surface area contributed by atoms with Crippen molar-refractivity contribution in [3.05, 3.63) is 89.7 Å². The Morgan fingerprint density at radius 2 is 1.63 bits per heavy atom. The highest BCUT2D eigenvalue weighted by Crippen LogP contribution is 2.48. The first-order valence-corrected chi connectivity index (χ1v) is 9.66. The fourth-order valence-electron chi connectivity index (χ4n) is 3.49. The number of para-hydroxylation sites is 2. The van der Waals surface area contributed by atoms with Gasteiger partial charge in [-0.15, -0.1) is 0 Å². The maximum absolute atomic E-state index is 13.9. The van der Waals surface area contributed by atoms with Crippen molar-refractivity contribution in [1.82, 2.24) is 0 Å². The highest BCUT2D eigenvalue weighted by molar-refractivity contribution is 6.05. The zero-order valence-corrected chi connectivity index (χ0v) is 16.4. The van der Waals surface area contributed by atoms with E-state index in [0.29, 0.717) is 34.7 Å². The van der Waals surface area contributed by atoms with Crippen LogP contribution in [-0.4, -0.2) is 18.9 Å². The highest BCUT2D eigenvalue weighted by Gasteiger charge is 2.45. The summed E-state index contributed by atoms with van der Waals surface area (Å²) in [6.07, 6.45) is 0.631. The topological polar surface area (TPSA) is 67.4 Å². The number of nitrogens with one attached hydrogen (secondary N) is 2. The van der Waals surface area contributed by atoms with Gasteiger partial charge in [0.2, 0.25) is 5.91 Å². The Balaban J connectivity index is 1.36. The number of carbonyl (C=O) groups is 2. The molecule has 2 amide bonds. The summed E-state index contributed by atoms with van der Waals surface area (Å²) >= 11 is 0. The van der Waals surface area contributed by atoms with Crippen molar-refractivity contribution in [3.8, 4) is 5.75 Å². The molecule has 1 aliphatic carbocycles. The number of halogens is 1. The van der Waals surface area contributed by atoms with E-state index < -0.39 is 0 Å². The fourth-order valence-corrected chi connectivity index (χ4v) is 3.49. The first kappa shape index (κ1) is 19.6. The molecule has 4 rings (SSSR count). The van der Waals surface area contributed by atoms with Crippen LogP contribution >= 0.6 is 0 Å². The number of rotatable bonds is 6. The molecule has 0 bridgehead atoms. The molecule has 30 heavy (non-hydrogen) atoms. The molecule has 0 radical (unpaired) electrons. The van der Waals surface area contributed by atoms with Crippen LogP contribution in [0.4, 0.5) is 15.8 Å². The van der Waals surface area contributed by atoms with Crippen LogP contribution < -0.4 is 15.4 Å². The second-order valence-corrected chi connectivity index (χ2v) is 7.19. The van der Waals surface area contributed by atoms with Gasteiger partial charge in [0, 0.05) is 17.2 Å². The third kappa shape index (κ3) is 4.17. The van der Waals surface area contributed by atoms with Crippen molar-refractivity contribution in [2.75, 3.05) is 17.7 Å². The van der Waals surface area contributed by atoms with Gasteiger partial charge < -0.3 is 15.4 Å². The first-order valence-electron chi connectivity index (χ1n) is 9.66. The lowest BCUT2D eigenvalue weighted by atomic mass is 10.1. The summed E-state index contributed by atoms with van der Waals surface area (Å²) in [6, 6.07) is 20.3. The molecule has 1 fully saturated rings. The summed E-state index contributed by atoms with van der Waals surface area (Å²) in [5.74, 6) is -0.451. The molecule has 0 spiro atoms. The minimum absolute atomic E-state index is 0.0860. The second-order valence-electron chi connectivity index (χ2n) is 7.19. The number of benzene rings is 3. The molecule has 1 saturated carbocycles. The van der Waals surface area contributed by atoms with Crippen LogP contribution in [0.15, 0.2) is 72.8 Å². The summed E-state index contributed by atoms with van der Waals surface area (Å²) < 4.78 is 19.1. The van der Waals surface area contributed by atoms with Crippen LogP contribution in [-0.2, 0) is 4.79 Å². The first-order chi connectivity index (χ1) is 14.6. The van der Waals surface area contributed by atoms with Gasteiger partial charge in [0.1, 0.15) is 11.6 Å². The SMILES string of the molecule is COc1ccccc1NC(=O)c1ccc(NC(=O)C2CC2c2ccccc2F)cc1. The summed E-state index contributed by atoms with van der Waals surface area (Å²) in [6.45, 7) is 0. The second kappa shape index (κ2) is 8.37. The van der Waals surface area contributed by atoms with Crippen molar-refractivity contribution >= 4 is 23.2 Å². The van der Waals surface area contributed by atoms with Crippen molar-refractivity contribution < 1.29 is 18.7 Å². The number of ether oxygens (including phenoxy) is 1. The Morgan fingerprint density at radius 3 is 2.37 bits per heavy atom. The van der Waals surface area contributed by atoms with Crippen LogP contribution in [0.5, 0.6) is 5.75 Å². The molecule has 0 saturated heterocycles. The minimum Gasteiger partial charge on any atom is -0.495 e. The predicted molar refractivity (Wildman–Crippen MR) is 113 cm³/mol. The quantitative estimate of drug-likeness (QED) is 0.618. The average Bonchev–Trinajstić information content (AvgIpc) is 3.56. The molecule has 2 atom stereocenters. The van der Waals surface area contributed by atoms with Crippen molar-refractivity contribution in [1.29, 1.82) is 0 Å². The number of hydrogen-bond acceptors (Lipinski definition) is 3. The Morgan fingerprint density at radius 1 is 0.933 bits per heavy atom. The highest BCUT2D eigenvalue weighted by atomic mass is 19.1. The fraction of sp³-hybridized carbons (Fsp3) is 0.167. The maximum atomic E-state index is 13.9. The lowest BCUT2D eigenvalue weighted by Gasteiger charge is -2.10. The van der Waals surface area contributed by atoms with Gasteiger partial charge in [0.05, 0.1) is 12.8 Å². The Kier molecular flexibility index (Phi) is 5.48. The Labute approximate surface area is 173 Å². The summed E-state index contributed by atoms with van der Waals surface area (Å²) in [5.41, 5.74) is 2.21. The predicted octanol–water partition coefficient (Wildman–Crippen LogP) is 4.83. The van der Waals surface area contributed by atoms with E-state index in [1.54, 1.807) is 61.7 Å². The standard InChI is InChI=1S/C24H21FN2O3/c1-30-22-9-5-4-8-21(22)27-23(28)15-10-12-16(13-11-15)26-24(29)19-14-18(19)17-6-2-3-7-20(17)25/h2-13,18-19H,14H2,1H3,(H,26,29)(H,27,28). The van der Waals surface area contributed by atoms with E-state index in [1.165, 1.54) is 6.07 Å². The number of carbonyl (C=O) groups excluding carboxylic acids is 2. The monoisotopic (exact) mass is 404 g/mol. The summed E-state index contributed by atoms with van der Waals surface area (Å²) in [4.78, 5) is 24.9. The molecule has 152 valence electrons. The third-order valence-electron chi connectivity index (χ3n) is 5.20. The van der Waals surface area contributed by atoms with E-state index >= 15 is 0 Å². The van der Waals surface area contributed by atoms with Gasteiger partial charge >= 0.3 is 0 Å². The van der Waals surface area contributed by atoms with Crippen LogP contribution in [0.3, 0.4) is 0 Å². The number of amides is 2. The van der Waals surface area contributed by atoms with Crippen LogP contribution in [0.25, 0.3) is 0 Å². The lowest BCUT2D eigenvalue weighted by Crippen LogP contribution is -2.15. The van der Waals surface area contributed by atoms with Crippen molar-refractivity contribution in [3.63, 3.8) is 0 Å². The van der Waals surface area contributed by atoms with E-state index in [9.17, 15) is 14.0 Å². The molecule has 1 aliphatic rings. The molecule has 2 unspecified atom stereocenters. The van der Waals surface area contributed by atoms with Gasteiger partial charge in [-0.05, 0) is 60.4 Å². The van der Waals surface area contributed by atoms with Gasteiger partial charge in [0.25, 0.3) is 5.91 Å². The van der Waals surface area contributed by atoms with Crippen LogP contribution in [0.1, 0.15) is 28.3 Å². The number of anilines is 2. The van der Waals surface area contributed by atoms with E-state index in [4.69, 9.17) is 4.74 Å². The number of methoxy groups -OCH3 is 1. The molecule has 5 nitrogen and oxygen atoms in total. The largest absolute Gasteiger partial charge is 0.495 e. The van der Waals surface area contributed by atoms with Crippen molar-refractivity contribution in [2.24, 2.45) is 5.92 Å². The number of hydrogen-bond donors (Lipinski definition) is 2. The molecule has 2 N–H and O–H groups in total. The lowest BCUT2D eigenvalue weighted by molar-refractivity contribution is -0.117. The maximum Gasteiger partial charge on any atom is 0.255 e. The van der Waals surface area contributed by atoms with Crippen LogP contribution in [0, 0.1) is 11.7 Å². The van der Waals surface area contributed by atoms with Gasteiger partial charge in [-0.3, -0.25) is 9.59 Å². The third-order valence-corrected chi connectivity index (χ3v) is 5.20. The van der Waals surface area contributed by atoms with E-state index in [1.807, 2.05) is 12.1 Å². The van der Waals surface area contributed by atoms with E-state index in [-0.39, 0.29) is 29.5 Å². The minimum atomic E-state index is -0.279. The summed E-state index contributed by atoms with van der Waals surface area (Å²) in [5, 5.41) is 5.65. The Hall–Kier alpha value is -3.67. The zero-order chi connectivity index (χ0) is 21.1. The molecular weight excluding hydrogens is 383 g/mol. The van der Waals surface area contributed by atoms with Gasteiger partial charge in [-0.2, -0.15) is 0 Å². The molecule has 0 aromatic heterocycles. The molecule has 3 aromatic carbocycles. The molecule has 6 heteroatoms. The van der Waals surface area contributed by atoms with E-state index in [0.717, 1.165) is 0 Å². The smallest absolute Gasteiger partial charge is 0.255 e. The zero-order valence-electron chi connectivity index (χ0n) is 16.4. The molecule has 0 heterocycles. The summed E-state index contributed by atoms with van der Waals surface area (Å²) in [7, 11) is 1.54. The molecule has 0 aliphatic heterocycles.